The number of nitrogens with zero attached hydrogens (tertiary/aromatic N) is 3. The van der Waals surface area contributed by atoms with Crippen molar-refractivity contribution in [2.75, 3.05) is 58.0 Å². The number of fused-ring (bicyclic) bond motifs is 1. The predicted octanol–water partition coefficient (Wildman–Crippen LogP) is 3.75. The number of aryl methyl sites for hydroxylation is 1. The zero-order chi connectivity index (χ0) is 22.3. The van der Waals surface area contributed by atoms with Crippen molar-refractivity contribution in [3.8, 4) is 11.5 Å². The van der Waals surface area contributed by atoms with E-state index in [1.54, 1.807) is 12.0 Å². The fraction of sp³-hybridized carbons (Fsp3) is 0.417. The monoisotopic (exact) mass is 455 g/mol. The third-order valence-corrected chi connectivity index (χ3v) is 6.52. The quantitative estimate of drug-likeness (QED) is 0.490. The van der Waals surface area contributed by atoms with Gasteiger partial charge >= 0.3 is 0 Å². The van der Waals surface area contributed by atoms with E-state index in [4.69, 9.17) is 19.2 Å². The Bertz CT molecular complexity index is 1030. The molecule has 32 heavy (non-hydrogen) atoms. The SMILES string of the molecule is COc1ccc2sc(N(CCCN3CCOCC3)C(=O)COc3ccc(C)cc3)nc2c1. The molecule has 1 saturated heterocycles. The van der Waals surface area contributed by atoms with E-state index in [-0.39, 0.29) is 12.5 Å². The third-order valence-electron chi connectivity index (χ3n) is 5.46. The zero-order valence-electron chi connectivity index (χ0n) is 18.6. The van der Waals surface area contributed by atoms with Gasteiger partial charge in [-0.2, -0.15) is 0 Å². The minimum Gasteiger partial charge on any atom is -0.497 e. The first-order chi connectivity index (χ1) is 15.6. The topological polar surface area (TPSA) is 64.1 Å². The van der Waals surface area contributed by atoms with Gasteiger partial charge in [0, 0.05) is 32.2 Å². The van der Waals surface area contributed by atoms with Crippen LogP contribution in [0.25, 0.3) is 10.2 Å². The van der Waals surface area contributed by atoms with E-state index >= 15 is 0 Å². The molecule has 0 atom stereocenters. The number of ether oxygens (including phenoxy) is 3. The standard InChI is InChI=1S/C24H29N3O4S/c1-18-4-6-19(7-5-18)31-17-23(28)27(11-3-10-26-12-14-30-15-13-26)24-25-21-16-20(29-2)8-9-22(21)32-24/h4-9,16H,3,10-15,17H2,1-2H3. The summed E-state index contributed by atoms with van der Waals surface area (Å²) in [5.74, 6) is 1.34. The van der Waals surface area contributed by atoms with Gasteiger partial charge in [-0.25, -0.2) is 4.98 Å². The Morgan fingerprint density at radius 3 is 2.66 bits per heavy atom. The van der Waals surface area contributed by atoms with Gasteiger partial charge in [-0.05, 0) is 37.6 Å². The van der Waals surface area contributed by atoms with Crippen LogP contribution in [0, 0.1) is 6.92 Å². The van der Waals surface area contributed by atoms with E-state index in [2.05, 4.69) is 4.90 Å². The summed E-state index contributed by atoms with van der Waals surface area (Å²) < 4.78 is 17.5. The molecule has 2 heterocycles. The average Bonchev–Trinajstić information content (AvgIpc) is 3.24. The molecule has 170 valence electrons. The molecule has 0 bridgehead atoms. The summed E-state index contributed by atoms with van der Waals surface area (Å²) in [6.45, 7) is 6.92. The maximum Gasteiger partial charge on any atom is 0.266 e. The first kappa shape index (κ1) is 22.5. The second-order valence-corrected chi connectivity index (χ2v) is 8.79. The molecule has 0 N–H and O–H groups in total. The van der Waals surface area contributed by atoms with E-state index in [0.29, 0.717) is 17.4 Å². The molecular formula is C24H29N3O4S. The summed E-state index contributed by atoms with van der Waals surface area (Å²) in [5.41, 5.74) is 1.98. The van der Waals surface area contributed by atoms with Crippen LogP contribution in [0.1, 0.15) is 12.0 Å². The Morgan fingerprint density at radius 2 is 1.91 bits per heavy atom. The molecular weight excluding hydrogens is 426 g/mol. The van der Waals surface area contributed by atoms with Crippen LogP contribution in [0.3, 0.4) is 0 Å². The molecule has 8 heteroatoms. The molecule has 3 aromatic rings. The summed E-state index contributed by atoms with van der Waals surface area (Å²) in [6.07, 6.45) is 0.857. The van der Waals surface area contributed by atoms with E-state index in [9.17, 15) is 4.79 Å². The molecule has 1 aliphatic heterocycles. The summed E-state index contributed by atoms with van der Waals surface area (Å²) in [6, 6.07) is 13.5. The lowest BCUT2D eigenvalue weighted by molar-refractivity contribution is -0.120. The van der Waals surface area contributed by atoms with Crippen LogP contribution in [0.4, 0.5) is 5.13 Å². The zero-order valence-corrected chi connectivity index (χ0v) is 19.4. The number of anilines is 1. The van der Waals surface area contributed by atoms with Crippen LogP contribution < -0.4 is 14.4 Å². The van der Waals surface area contributed by atoms with Crippen molar-refractivity contribution < 1.29 is 19.0 Å². The molecule has 2 aromatic carbocycles. The van der Waals surface area contributed by atoms with Gasteiger partial charge in [-0.15, -0.1) is 0 Å². The van der Waals surface area contributed by atoms with Crippen molar-refractivity contribution >= 4 is 32.6 Å². The van der Waals surface area contributed by atoms with Crippen LogP contribution >= 0.6 is 11.3 Å². The highest BCUT2D eigenvalue weighted by atomic mass is 32.1. The molecule has 0 spiro atoms. The summed E-state index contributed by atoms with van der Waals surface area (Å²) in [7, 11) is 1.64. The van der Waals surface area contributed by atoms with E-state index in [1.165, 1.54) is 11.3 Å². The number of thiazole rings is 1. The van der Waals surface area contributed by atoms with Crippen LogP contribution in [0.5, 0.6) is 11.5 Å². The van der Waals surface area contributed by atoms with Gasteiger partial charge in [0.05, 0.1) is 30.5 Å². The Morgan fingerprint density at radius 1 is 1.16 bits per heavy atom. The number of morpholine rings is 1. The minimum atomic E-state index is -0.0985. The molecule has 0 aliphatic carbocycles. The second-order valence-electron chi connectivity index (χ2n) is 7.78. The first-order valence-corrected chi connectivity index (χ1v) is 11.7. The average molecular weight is 456 g/mol. The van der Waals surface area contributed by atoms with Crippen molar-refractivity contribution in [2.24, 2.45) is 0 Å². The van der Waals surface area contributed by atoms with Gasteiger partial charge < -0.3 is 14.2 Å². The first-order valence-electron chi connectivity index (χ1n) is 10.9. The Hall–Kier alpha value is -2.68. The van der Waals surface area contributed by atoms with Gasteiger partial charge in [-0.1, -0.05) is 29.0 Å². The van der Waals surface area contributed by atoms with Gasteiger partial charge in [0.15, 0.2) is 11.7 Å². The smallest absolute Gasteiger partial charge is 0.266 e. The van der Waals surface area contributed by atoms with Crippen molar-refractivity contribution in [2.45, 2.75) is 13.3 Å². The van der Waals surface area contributed by atoms with Crippen LogP contribution in [0.2, 0.25) is 0 Å². The highest BCUT2D eigenvalue weighted by Gasteiger charge is 2.21. The van der Waals surface area contributed by atoms with Crippen LogP contribution in [0.15, 0.2) is 42.5 Å². The van der Waals surface area contributed by atoms with E-state index < -0.39 is 0 Å². The van der Waals surface area contributed by atoms with Crippen molar-refractivity contribution in [3.05, 3.63) is 48.0 Å². The number of carbonyl (C=O) groups is 1. The second kappa shape index (κ2) is 10.8. The Kier molecular flexibility index (Phi) is 7.57. The summed E-state index contributed by atoms with van der Waals surface area (Å²) in [5, 5.41) is 0.688. The number of carbonyl (C=O) groups excluding carboxylic acids is 1. The number of methoxy groups -OCH3 is 1. The van der Waals surface area contributed by atoms with E-state index in [1.807, 2.05) is 49.4 Å². The Balaban J connectivity index is 1.47. The fourth-order valence-corrected chi connectivity index (χ4v) is 4.59. The van der Waals surface area contributed by atoms with Crippen LogP contribution in [-0.4, -0.2) is 68.9 Å². The maximum atomic E-state index is 13.2. The lowest BCUT2D eigenvalue weighted by atomic mass is 10.2. The molecule has 4 rings (SSSR count). The van der Waals surface area contributed by atoms with Gasteiger partial charge in [-0.3, -0.25) is 14.6 Å². The minimum absolute atomic E-state index is 0.0279. The largest absolute Gasteiger partial charge is 0.497 e. The summed E-state index contributed by atoms with van der Waals surface area (Å²) >= 11 is 1.51. The van der Waals surface area contributed by atoms with Gasteiger partial charge in [0.2, 0.25) is 0 Å². The van der Waals surface area contributed by atoms with Gasteiger partial charge in [0.1, 0.15) is 11.5 Å². The van der Waals surface area contributed by atoms with Crippen molar-refractivity contribution in [1.29, 1.82) is 0 Å². The maximum absolute atomic E-state index is 13.2. The highest BCUT2D eigenvalue weighted by Crippen LogP contribution is 2.31. The van der Waals surface area contributed by atoms with E-state index in [0.717, 1.165) is 60.8 Å². The number of benzene rings is 2. The molecule has 7 nitrogen and oxygen atoms in total. The number of amides is 1. The number of hydrogen-bond donors (Lipinski definition) is 0. The molecule has 1 fully saturated rings. The highest BCUT2D eigenvalue weighted by molar-refractivity contribution is 7.22. The molecule has 0 saturated carbocycles. The fourth-order valence-electron chi connectivity index (χ4n) is 3.60. The lowest BCUT2D eigenvalue weighted by Crippen LogP contribution is -2.40. The number of aromatic nitrogens is 1. The van der Waals surface area contributed by atoms with Crippen molar-refractivity contribution in [3.63, 3.8) is 0 Å². The normalized spacial score (nSPS) is 14.4. The van der Waals surface area contributed by atoms with Crippen molar-refractivity contribution in [1.82, 2.24) is 9.88 Å². The lowest BCUT2D eigenvalue weighted by Gasteiger charge is -2.27. The molecule has 1 aromatic heterocycles. The number of hydrogen-bond acceptors (Lipinski definition) is 7. The molecule has 1 amide bonds. The molecule has 1 aliphatic rings. The molecule has 0 unspecified atom stereocenters. The summed E-state index contributed by atoms with van der Waals surface area (Å²) in [4.78, 5) is 22.0. The van der Waals surface area contributed by atoms with Crippen LogP contribution in [-0.2, 0) is 9.53 Å². The Labute approximate surface area is 192 Å². The van der Waals surface area contributed by atoms with Gasteiger partial charge in [0.25, 0.3) is 5.91 Å². The third kappa shape index (κ3) is 5.76. The molecule has 0 radical (unpaired) electrons. The predicted molar refractivity (Wildman–Crippen MR) is 127 cm³/mol. The number of rotatable bonds is 9.